The van der Waals surface area contributed by atoms with E-state index < -0.39 is 29.1 Å². The van der Waals surface area contributed by atoms with Gasteiger partial charge in [-0.05, 0) is 75.1 Å². The zero-order valence-electron chi connectivity index (χ0n) is 20.3. The molecule has 5 nitrogen and oxygen atoms in total. The van der Waals surface area contributed by atoms with E-state index in [4.69, 9.17) is 13.9 Å². The maximum Gasteiger partial charge on any atom is 0.453 e. The highest BCUT2D eigenvalue weighted by atomic mass is 19.4. The first-order chi connectivity index (χ1) is 16.8. The summed E-state index contributed by atoms with van der Waals surface area (Å²) in [7, 11) is 0. The summed E-state index contributed by atoms with van der Waals surface area (Å²) < 4.78 is 57.7. The molecule has 0 aliphatic carbocycles. The number of halogens is 3. The molecule has 4 rings (SSSR count). The molecule has 8 heteroatoms. The molecule has 0 amide bonds. The van der Waals surface area contributed by atoms with Crippen LogP contribution in [0.25, 0.3) is 11.0 Å². The van der Waals surface area contributed by atoms with Crippen LogP contribution in [0.2, 0.25) is 0 Å². The van der Waals surface area contributed by atoms with Gasteiger partial charge in [-0.1, -0.05) is 29.8 Å². The predicted molar refractivity (Wildman–Crippen MR) is 129 cm³/mol. The van der Waals surface area contributed by atoms with Crippen LogP contribution < -0.4 is 14.9 Å². The molecule has 0 unspecified atom stereocenters. The Kier molecular flexibility index (Phi) is 6.39. The Morgan fingerprint density at radius 2 is 1.50 bits per heavy atom. The molecule has 0 saturated carbocycles. The fourth-order valence-electron chi connectivity index (χ4n) is 4.09. The fraction of sp³-hybridized carbons (Fsp3) is 0.214. The van der Waals surface area contributed by atoms with Crippen LogP contribution in [0.1, 0.15) is 43.9 Å². The number of hydrogen-bond acceptors (Lipinski definition) is 5. The van der Waals surface area contributed by atoms with Gasteiger partial charge in [0.15, 0.2) is 0 Å². The summed E-state index contributed by atoms with van der Waals surface area (Å²) in [4.78, 5) is 25.9. The lowest BCUT2D eigenvalue weighted by atomic mass is 10.00. The standard InChI is InChI=1S/C28H23F3O5/c1-14-6-7-16(3)21(12-14)35-25-24(32)20-9-8-19(13-22(20)36-26(25)28(29,30)31)34-27(33)23-17(4)10-15(2)11-18(23)5/h6-13H,1-5H3. The largest absolute Gasteiger partial charge is 0.453 e. The zero-order valence-corrected chi connectivity index (χ0v) is 20.3. The molecule has 3 aromatic carbocycles. The molecule has 0 aliphatic rings. The van der Waals surface area contributed by atoms with Crippen LogP contribution in [0, 0.1) is 34.6 Å². The molecule has 0 spiro atoms. The summed E-state index contributed by atoms with van der Waals surface area (Å²) in [5.41, 5.74) is 2.67. The van der Waals surface area contributed by atoms with Crippen LogP contribution in [0.15, 0.2) is 57.7 Å². The van der Waals surface area contributed by atoms with Crippen molar-refractivity contribution >= 4 is 16.9 Å². The molecule has 0 atom stereocenters. The third-order valence-electron chi connectivity index (χ3n) is 5.73. The van der Waals surface area contributed by atoms with Gasteiger partial charge in [0.05, 0.1) is 10.9 Å². The number of carbonyl (C=O) groups is 1. The highest BCUT2D eigenvalue weighted by Crippen LogP contribution is 2.39. The number of alkyl halides is 3. The molecule has 0 saturated heterocycles. The second kappa shape index (κ2) is 9.18. The van der Waals surface area contributed by atoms with Crippen molar-refractivity contribution in [2.24, 2.45) is 0 Å². The predicted octanol–water partition coefficient (Wildman–Crippen LogP) is 7.37. The van der Waals surface area contributed by atoms with Crippen molar-refractivity contribution in [1.82, 2.24) is 0 Å². The number of fused-ring (bicyclic) bond motifs is 1. The number of carbonyl (C=O) groups excluding carboxylic acids is 1. The van der Waals surface area contributed by atoms with Gasteiger partial charge < -0.3 is 13.9 Å². The van der Waals surface area contributed by atoms with Crippen molar-refractivity contribution < 1.29 is 31.9 Å². The van der Waals surface area contributed by atoms with E-state index in [1.54, 1.807) is 39.8 Å². The monoisotopic (exact) mass is 496 g/mol. The van der Waals surface area contributed by atoms with Gasteiger partial charge >= 0.3 is 12.1 Å². The third-order valence-corrected chi connectivity index (χ3v) is 5.73. The average Bonchev–Trinajstić information content (AvgIpc) is 2.76. The van der Waals surface area contributed by atoms with Crippen LogP contribution in [0.3, 0.4) is 0 Å². The number of aryl methyl sites for hydroxylation is 5. The van der Waals surface area contributed by atoms with Crippen molar-refractivity contribution in [2.45, 2.75) is 40.8 Å². The van der Waals surface area contributed by atoms with Crippen LogP contribution in [0.4, 0.5) is 13.2 Å². The SMILES string of the molecule is Cc1cc(C)c(C(=O)Oc2ccc3c(=O)c(Oc4cc(C)ccc4C)c(C(F)(F)F)oc3c2)c(C)c1. The topological polar surface area (TPSA) is 65.7 Å². The summed E-state index contributed by atoms with van der Waals surface area (Å²) in [6.45, 7) is 8.84. The summed E-state index contributed by atoms with van der Waals surface area (Å²) in [5.74, 6) is -3.15. The number of rotatable bonds is 4. The molecule has 0 fully saturated rings. The summed E-state index contributed by atoms with van der Waals surface area (Å²) in [6, 6.07) is 12.3. The van der Waals surface area contributed by atoms with E-state index >= 15 is 0 Å². The highest BCUT2D eigenvalue weighted by Gasteiger charge is 2.40. The van der Waals surface area contributed by atoms with Gasteiger partial charge in [-0.2, -0.15) is 13.2 Å². The first kappa shape index (κ1) is 25.0. The Bertz CT molecular complexity index is 1540. The molecule has 1 aromatic heterocycles. The normalized spacial score (nSPS) is 11.6. The molecule has 0 N–H and O–H groups in total. The van der Waals surface area contributed by atoms with Crippen LogP contribution >= 0.6 is 0 Å². The molecule has 186 valence electrons. The molecule has 1 heterocycles. The maximum atomic E-state index is 13.9. The van der Waals surface area contributed by atoms with Gasteiger partial charge in [0.25, 0.3) is 5.76 Å². The molecule has 0 bridgehead atoms. The second-order valence-corrected chi connectivity index (χ2v) is 8.78. The first-order valence-electron chi connectivity index (χ1n) is 11.1. The van der Waals surface area contributed by atoms with Crippen molar-refractivity contribution in [3.05, 3.63) is 97.9 Å². The van der Waals surface area contributed by atoms with E-state index in [1.165, 1.54) is 18.2 Å². The van der Waals surface area contributed by atoms with Gasteiger partial charge in [-0.15, -0.1) is 0 Å². The smallest absolute Gasteiger partial charge is 0.449 e. The average molecular weight is 496 g/mol. The Morgan fingerprint density at radius 1 is 0.833 bits per heavy atom. The Balaban J connectivity index is 1.78. The minimum absolute atomic E-state index is 0.0636. The van der Waals surface area contributed by atoms with E-state index in [0.29, 0.717) is 22.3 Å². The molecule has 0 aliphatic heterocycles. The number of esters is 1. The summed E-state index contributed by atoms with van der Waals surface area (Å²) in [6.07, 6.45) is -5.01. The number of hydrogen-bond donors (Lipinski definition) is 0. The minimum Gasteiger partial charge on any atom is -0.449 e. The van der Waals surface area contributed by atoms with Gasteiger partial charge in [0.2, 0.25) is 11.2 Å². The summed E-state index contributed by atoms with van der Waals surface area (Å²) in [5, 5.41) is -0.147. The van der Waals surface area contributed by atoms with Gasteiger partial charge in [0, 0.05) is 6.07 Å². The van der Waals surface area contributed by atoms with Crippen LogP contribution in [-0.4, -0.2) is 5.97 Å². The quantitative estimate of drug-likeness (QED) is 0.218. The Hall–Kier alpha value is -4.07. The molecule has 4 aromatic rings. The van der Waals surface area contributed by atoms with Gasteiger partial charge in [-0.3, -0.25) is 4.79 Å². The van der Waals surface area contributed by atoms with E-state index in [1.807, 2.05) is 19.1 Å². The Morgan fingerprint density at radius 3 is 2.14 bits per heavy atom. The maximum absolute atomic E-state index is 13.9. The van der Waals surface area contributed by atoms with Crippen LogP contribution in [0.5, 0.6) is 17.2 Å². The van der Waals surface area contributed by atoms with E-state index in [2.05, 4.69) is 0 Å². The van der Waals surface area contributed by atoms with Gasteiger partial charge in [-0.25, -0.2) is 4.79 Å². The van der Waals surface area contributed by atoms with Crippen molar-refractivity contribution in [3.63, 3.8) is 0 Å². The molecular formula is C28H23F3O5. The lowest BCUT2D eigenvalue weighted by molar-refractivity contribution is -0.154. The minimum atomic E-state index is -5.01. The lowest BCUT2D eigenvalue weighted by Gasteiger charge is -2.15. The van der Waals surface area contributed by atoms with E-state index in [0.717, 1.165) is 17.2 Å². The highest BCUT2D eigenvalue weighted by molar-refractivity contribution is 5.94. The fourth-order valence-corrected chi connectivity index (χ4v) is 4.09. The zero-order chi connectivity index (χ0) is 26.4. The lowest BCUT2D eigenvalue weighted by Crippen LogP contribution is -2.16. The summed E-state index contributed by atoms with van der Waals surface area (Å²) >= 11 is 0. The molecule has 0 radical (unpaired) electrons. The third kappa shape index (κ3) is 4.84. The van der Waals surface area contributed by atoms with Crippen molar-refractivity contribution in [1.29, 1.82) is 0 Å². The number of ether oxygens (including phenoxy) is 2. The van der Waals surface area contributed by atoms with Crippen molar-refractivity contribution in [3.8, 4) is 17.2 Å². The van der Waals surface area contributed by atoms with Crippen molar-refractivity contribution in [2.75, 3.05) is 0 Å². The molecular weight excluding hydrogens is 473 g/mol. The first-order valence-corrected chi connectivity index (χ1v) is 11.1. The Labute approximate surface area is 205 Å². The van der Waals surface area contributed by atoms with Crippen LogP contribution in [-0.2, 0) is 6.18 Å². The van der Waals surface area contributed by atoms with E-state index in [9.17, 15) is 22.8 Å². The second-order valence-electron chi connectivity index (χ2n) is 8.78. The molecule has 36 heavy (non-hydrogen) atoms. The van der Waals surface area contributed by atoms with E-state index in [-0.39, 0.29) is 22.5 Å². The number of benzene rings is 3. The van der Waals surface area contributed by atoms with Gasteiger partial charge in [0.1, 0.15) is 17.1 Å².